The van der Waals surface area contributed by atoms with Crippen molar-refractivity contribution >= 4 is 34.6 Å². The molecule has 1 aromatic heterocycles. The average Bonchev–Trinajstić information content (AvgIpc) is 3.66. The summed E-state index contributed by atoms with van der Waals surface area (Å²) in [5.74, 6) is 0.962. The van der Waals surface area contributed by atoms with E-state index >= 15 is 0 Å². The molecule has 0 bridgehead atoms. The number of hydrogen-bond donors (Lipinski definition) is 2. The maximum Gasteiger partial charge on any atom is 0.257 e. The molecule has 1 saturated heterocycles. The first-order chi connectivity index (χ1) is 15.0. The van der Waals surface area contributed by atoms with Gasteiger partial charge in [0.25, 0.3) is 5.91 Å². The molecule has 8 heteroatoms. The number of piperazine rings is 1. The van der Waals surface area contributed by atoms with Crippen LogP contribution in [-0.4, -0.2) is 66.1 Å². The molecule has 0 unspecified atom stereocenters. The highest BCUT2D eigenvalue weighted by molar-refractivity contribution is 6.07. The summed E-state index contributed by atoms with van der Waals surface area (Å²) in [5.41, 5.74) is 2.54. The van der Waals surface area contributed by atoms with Crippen molar-refractivity contribution in [3.8, 4) is 5.75 Å². The highest BCUT2D eigenvalue weighted by Crippen LogP contribution is 2.32. The van der Waals surface area contributed by atoms with Gasteiger partial charge in [-0.25, -0.2) is 0 Å². The first kappa shape index (κ1) is 20.8. The van der Waals surface area contributed by atoms with E-state index in [0.29, 0.717) is 43.2 Å². The largest absolute Gasteiger partial charge is 0.497 e. The van der Waals surface area contributed by atoms with Gasteiger partial charge in [-0.2, -0.15) is 0 Å². The van der Waals surface area contributed by atoms with Crippen LogP contribution in [-0.2, 0) is 4.79 Å². The Kier molecular flexibility index (Phi) is 5.88. The number of hydrogen-bond acceptors (Lipinski definition) is 6. The third-order valence-corrected chi connectivity index (χ3v) is 5.78. The van der Waals surface area contributed by atoms with Crippen molar-refractivity contribution in [2.45, 2.75) is 19.8 Å². The summed E-state index contributed by atoms with van der Waals surface area (Å²) < 4.78 is 5.36. The Bertz CT molecular complexity index is 1050. The van der Waals surface area contributed by atoms with Gasteiger partial charge in [-0.05, 0) is 43.5 Å². The van der Waals surface area contributed by atoms with Crippen molar-refractivity contribution in [1.82, 2.24) is 14.8 Å². The second kappa shape index (κ2) is 8.75. The predicted octanol–water partition coefficient (Wildman–Crippen LogP) is 2.90. The topological polar surface area (TPSA) is 98.6 Å². The Morgan fingerprint density at radius 1 is 1.19 bits per heavy atom. The van der Waals surface area contributed by atoms with E-state index < -0.39 is 0 Å². The van der Waals surface area contributed by atoms with Gasteiger partial charge in [0.15, 0.2) is 0 Å². The zero-order valence-corrected chi connectivity index (χ0v) is 17.9. The number of aromatic nitrogens is 1. The molecule has 2 aliphatic rings. The fourth-order valence-corrected chi connectivity index (χ4v) is 3.73. The Morgan fingerprint density at radius 3 is 2.55 bits per heavy atom. The molecule has 1 saturated carbocycles. The summed E-state index contributed by atoms with van der Waals surface area (Å²) in [6.07, 6.45) is 6.51. The van der Waals surface area contributed by atoms with Gasteiger partial charge in [-0.1, -0.05) is 0 Å². The average molecular weight is 422 g/mol. The van der Waals surface area contributed by atoms with Crippen LogP contribution in [0.4, 0.5) is 5.69 Å². The predicted molar refractivity (Wildman–Crippen MR) is 120 cm³/mol. The maximum absolute atomic E-state index is 13.4. The molecule has 162 valence electrons. The minimum Gasteiger partial charge on any atom is -0.497 e. The molecule has 2 N–H and O–H groups in total. The third-order valence-electron chi connectivity index (χ3n) is 5.78. The number of fused-ring (bicyclic) bond motifs is 1. The van der Waals surface area contributed by atoms with Crippen LogP contribution in [0.25, 0.3) is 10.9 Å². The number of anilines is 1. The molecule has 8 nitrogen and oxygen atoms in total. The Labute approximate surface area is 181 Å². The van der Waals surface area contributed by atoms with E-state index in [-0.39, 0.29) is 17.7 Å². The first-order valence-electron chi connectivity index (χ1n) is 10.5. The van der Waals surface area contributed by atoms with Gasteiger partial charge in [0, 0.05) is 56.1 Å². The number of amides is 2. The van der Waals surface area contributed by atoms with E-state index in [9.17, 15) is 9.59 Å². The molecule has 0 radical (unpaired) electrons. The van der Waals surface area contributed by atoms with E-state index in [1.165, 1.54) is 6.21 Å². The van der Waals surface area contributed by atoms with E-state index in [1.807, 2.05) is 30.0 Å². The van der Waals surface area contributed by atoms with Crippen LogP contribution < -0.4 is 10.1 Å². The number of allylic oxidation sites excluding steroid dienone is 1. The monoisotopic (exact) mass is 421 g/mol. The molecule has 2 amide bonds. The number of ether oxygens (including phenoxy) is 1. The summed E-state index contributed by atoms with van der Waals surface area (Å²) in [7, 11) is 1.60. The second-order valence-corrected chi connectivity index (χ2v) is 8.00. The molecule has 1 aliphatic heterocycles. The molecular formula is C23H27N5O3. The summed E-state index contributed by atoms with van der Waals surface area (Å²) in [4.78, 5) is 33.8. The highest BCUT2D eigenvalue weighted by atomic mass is 16.5. The smallest absolute Gasteiger partial charge is 0.257 e. The van der Waals surface area contributed by atoms with Gasteiger partial charge in [-0.3, -0.25) is 14.6 Å². The lowest BCUT2D eigenvalue weighted by Gasteiger charge is -2.35. The molecular weight excluding hydrogens is 394 g/mol. The Hall–Kier alpha value is -3.42. The molecule has 2 fully saturated rings. The lowest BCUT2D eigenvalue weighted by atomic mass is 10.1. The number of benzene rings is 1. The first-order valence-corrected chi connectivity index (χ1v) is 10.5. The van der Waals surface area contributed by atoms with Crippen LogP contribution in [0.2, 0.25) is 0 Å². The number of nitrogens with zero attached hydrogens (tertiary/aromatic N) is 3. The molecule has 1 aromatic carbocycles. The lowest BCUT2D eigenvalue weighted by molar-refractivity contribution is -0.134. The van der Waals surface area contributed by atoms with Crippen LogP contribution in [0.5, 0.6) is 5.75 Å². The van der Waals surface area contributed by atoms with Crippen molar-refractivity contribution < 1.29 is 14.3 Å². The van der Waals surface area contributed by atoms with E-state index in [2.05, 4.69) is 10.3 Å². The van der Waals surface area contributed by atoms with Gasteiger partial charge >= 0.3 is 0 Å². The van der Waals surface area contributed by atoms with Crippen LogP contribution in [0, 0.1) is 11.3 Å². The molecule has 0 atom stereocenters. The standard InChI is InChI=1S/C23H27N5O3/c1-15(12-24)13-26-21-18-11-17(31-2)5-6-20(18)25-14-19(21)23(30)28-9-7-27(8-10-28)22(29)16-3-4-16/h5-6,11-14,16,24H,3-4,7-10H2,1-2H3,(H,25,26)/b15-13-,24-12?. The Balaban J connectivity index is 1.63. The second-order valence-electron chi connectivity index (χ2n) is 8.00. The molecule has 2 heterocycles. The van der Waals surface area contributed by atoms with Crippen LogP contribution >= 0.6 is 0 Å². The Morgan fingerprint density at radius 2 is 1.90 bits per heavy atom. The molecule has 0 spiro atoms. The van der Waals surface area contributed by atoms with Gasteiger partial charge in [-0.15, -0.1) is 0 Å². The van der Waals surface area contributed by atoms with Gasteiger partial charge in [0.05, 0.1) is 23.9 Å². The van der Waals surface area contributed by atoms with Gasteiger partial charge in [0.2, 0.25) is 5.91 Å². The van der Waals surface area contributed by atoms with E-state index in [1.54, 1.807) is 24.4 Å². The number of methoxy groups -OCH3 is 1. The van der Waals surface area contributed by atoms with Crippen molar-refractivity contribution in [2.75, 3.05) is 38.6 Å². The van der Waals surface area contributed by atoms with E-state index in [4.69, 9.17) is 10.1 Å². The van der Waals surface area contributed by atoms with E-state index in [0.717, 1.165) is 29.3 Å². The molecule has 1 aliphatic carbocycles. The normalized spacial score (nSPS) is 16.9. The van der Waals surface area contributed by atoms with Crippen molar-refractivity contribution in [1.29, 1.82) is 5.41 Å². The number of rotatable bonds is 6. The number of pyridine rings is 1. The van der Waals surface area contributed by atoms with Crippen LogP contribution in [0.1, 0.15) is 30.1 Å². The zero-order valence-electron chi connectivity index (χ0n) is 17.9. The SMILES string of the molecule is COc1ccc2ncc(C(=O)N3CCN(C(=O)C4CC4)CC3)c(N/C=C(/C)C=N)c2c1. The highest BCUT2D eigenvalue weighted by Gasteiger charge is 2.35. The fraction of sp³-hybridized carbons (Fsp3) is 0.391. The third kappa shape index (κ3) is 4.38. The summed E-state index contributed by atoms with van der Waals surface area (Å²) in [5, 5.41) is 11.4. The minimum atomic E-state index is -0.126. The summed E-state index contributed by atoms with van der Waals surface area (Å²) >= 11 is 0. The molecule has 4 rings (SSSR count). The van der Waals surface area contributed by atoms with Crippen molar-refractivity contribution in [2.24, 2.45) is 5.92 Å². The molecule has 31 heavy (non-hydrogen) atoms. The van der Waals surface area contributed by atoms with Crippen LogP contribution in [0.15, 0.2) is 36.2 Å². The van der Waals surface area contributed by atoms with Gasteiger partial charge < -0.3 is 25.3 Å². The van der Waals surface area contributed by atoms with Crippen molar-refractivity contribution in [3.63, 3.8) is 0 Å². The fourth-order valence-electron chi connectivity index (χ4n) is 3.73. The summed E-state index contributed by atoms with van der Waals surface area (Å²) in [6, 6.07) is 5.53. The minimum absolute atomic E-state index is 0.126. The molecule has 2 aromatic rings. The number of carbonyl (C=O) groups excluding carboxylic acids is 2. The zero-order chi connectivity index (χ0) is 22.0. The van der Waals surface area contributed by atoms with Crippen LogP contribution in [0.3, 0.4) is 0 Å². The number of carbonyl (C=O) groups is 2. The lowest BCUT2D eigenvalue weighted by Crippen LogP contribution is -2.51. The maximum atomic E-state index is 13.4. The van der Waals surface area contributed by atoms with Gasteiger partial charge in [0.1, 0.15) is 5.75 Å². The summed E-state index contributed by atoms with van der Waals surface area (Å²) in [6.45, 7) is 3.93. The number of nitrogens with one attached hydrogen (secondary N) is 2. The quantitative estimate of drug-likeness (QED) is 0.699. The van der Waals surface area contributed by atoms with Crippen molar-refractivity contribution in [3.05, 3.63) is 41.7 Å².